The van der Waals surface area contributed by atoms with Crippen LogP contribution in [0.2, 0.25) is 0 Å². The summed E-state index contributed by atoms with van der Waals surface area (Å²) in [4.78, 5) is 0.416. The van der Waals surface area contributed by atoms with E-state index in [1.54, 1.807) is 38.2 Å². The summed E-state index contributed by atoms with van der Waals surface area (Å²) < 4.78 is 27.3. The molecular formula is C14H14N4O2S. The summed E-state index contributed by atoms with van der Waals surface area (Å²) in [6, 6.07) is 6.76. The van der Waals surface area contributed by atoms with Crippen LogP contribution >= 0.6 is 0 Å². The molecule has 0 aliphatic heterocycles. The molecule has 0 aliphatic rings. The van der Waals surface area contributed by atoms with Gasteiger partial charge in [0.1, 0.15) is 4.90 Å². The van der Waals surface area contributed by atoms with Crippen LogP contribution in [-0.2, 0) is 16.9 Å². The van der Waals surface area contributed by atoms with Gasteiger partial charge in [0.2, 0.25) is 9.84 Å². The van der Waals surface area contributed by atoms with E-state index in [1.165, 1.54) is 10.9 Å². The van der Waals surface area contributed by atoms with Crippen molar-refractivity contribution >= 4 is 20.9 Å². The molecule has 3 aromatic rings. The van der Waals surface area contributed by atoms with Gasteiger partial charge in [-0.15, -0.1) is 5.10 Å². The van der Waals surface area contributed by atoms with Gasteiger partial charge in [0.15, 0.2) is 5.65 Å². The van der Waals surface area contributed by atoms with Crippen LogP contribution in [-0.4, -0.2) is 28.4 Å². The van der Waals surface area contributed by atoms with Gasteiger partial charge in [-0.3, -0.25) is 0 Å². The fraction of sp³-hybridized carbons (Fsp3) is 0.214. The molecule has 0 saturated carbocycles. The maximum Gasteiger partial charge on any atom is 0.209 e. The molecule has 0 fully saturated rings. The molecule has 0 aliphatic carbocycles. The molecule has 108 valence electrons. The highest BCUT2D eigenvalue weighted by molar-refractivity contribution is 7.91. The highest BCUT2D eigenvalue weighted by atomic mass is 32.2. The Balaban J connectivity index is 2.33. The summed E-state index contributed by atoms with van der Waals surface area (Å²) in [5.41, 5.74) is 1.83. The third kappa shape index (κ3) is 2.09. The lowest BCUT2D eigenvalue weighted by atomic mass is 10.2. The number of fused-ring (bicyclic) bond motifs is 1. The maximum atomic E-state index is 12.9. The molecule has 0 unspecified atom stereocenters. The summed E-state index contributed by atoms with van der Waals surface area (Å²) in [6.07, 6.45) is 1.51. The number of sulfone groups is 1. The second-order valence-electron chi connectivity index (χ2n) is 4.94. The van der Waals surface area contributed by atoms with Crippen molar-refractivity contribution in [3.8, 4) is 0 Å². The molecule has 3 rings (SSSR count). The third-order valence-electron chi connectivity index (χ3n) is 3.38. The highest BCUT2D eigenvalue weighted by Crippen LogP contribution is 2.28. The fourth-order valence-electron chi connectivity index (χ4n) is 2.25. The van der Waals surface area contributed by atoms with E-state index in [0.29, 0.717) is 16.7 Å². The molecule has 6 nitrogen and oxygen atoms in total. The quantitative estimate of drug-likeness (QED) is 0.721. The lowest BCUT2D eigenvalue weighted by Crippen LogP contribution is -2.08. The Morgan fingerprint density at radius 2 is 1.71 bits per heavy atom. The standard InChI is InChI=1S/C14H14N4O2S/c1-9-4-6-11(7-5-9)21(19,20)13-10(2)16-17-14-12(13)8-15-18(14)3/h4-8H,1-3H3. The molecule has 2 aromatic heterocycles. The van der Waals surface area contributed by atoms with Crippen molar-refractivity contribution in [1.29, 1.82) is 0 Å². The van der Waals surface area contributed by atoms with E-state index in [2.05, 4.69) is 15.3 Å². The lowest BCUT2D eigenvalue weighted by Gasteiger charge is -2.08. The highest BCUT2D eigenvalue weighted by Gasteiger charge is 2.25. The maximum absolute atomic E-state index is 12.9. The Labute approximate surface area is 122 Å². The van der Waals surface area contributed by atoms with Crippen LogP contribution < -0.4 is 0 Å². The van der Waals surface area contributed by atoms with Gasteiger partial charge in [-0.1, -0.05) is 17.7 Å². The Morgan fingerprint density at radius 3 is 2.38 bits per heavy atom. The molecule has 0 N–H and O–H groups in total. The molecule has 7 heteroatoms. The van der Waals surface area contributed by atoms with Crippen molar-refractivity contribution in [3.63, 3.8) is 0 Å². The first-order valence-electron chi connectivity index (χ1n) is 6.38. The van der Waals surface area contributed by atoms with Gasteiger partial charge >= 0.3 is 0 Å². The number of aryl methyl sites for hydroxylation is 3. The van der Waals surface area contributed by atoms with Crippen LogP contribution in [0.5, 0.6) is 0 Å². The predicted molar refractivity (Wildman–Crippen MR) is 77.7 cm³/mol. The van der Waals surface area contributed by atoms with Gasteiger partial charge in [-0.25, -0.2) is 13.1 Å². The zero-order valence-corrected chi connectivity index (χ0v) is 12.7. The normalized spacial score (nSPS) is 12.0. The summed E-state index contributed by atoms with van der Waals surface area (Å²) in [5, 5.41) is 12.5. The van der Waals surface area contributed by atoms with E-state index >= 15 is 0 Å². The van der Waals surface area contributed by atoms with Crippen LogP contribution in [0.3, 0.4) is 0 Å². The van der Waals surface area contributed by atoms with Crippen LogP contribution in [0.25, 0.3) is 11.0 Å². The molecule has 1 aromatic carbocycles. The van der Waals surface area contributed by atoms with Gasteiger partial charge in [0, 0.05) is 7.05 Å². The van der Waals surface area contributed by atoms with Gasteiger partial charge < -0.3 is 0 Å². The summed E-state index contributed by atoms with van der Waals surface area (Å²) >= 11 is 0. The Bertz CT molecular complexity index is 928. The molecule has 0 radical (unpaired) electrons. The first-order valence-corrected chi connectivity index (χ1v) is 7.86. The largest absolute Gasteiger partial charge is 0.249 e. The van der Waals surface area contributed by atoms with Crippen LogP contribution in [0.1, 0.15) is 11.3 Å². The smallest absolute Gasteiger partial charge is 0.209 e. The van der Waals surface area contributed by atoms with Gasteiger partial charge in [-0.2, -0.15) is 10.2 Å². The number of benzene rings is 1. The van der Waals surface area contributed by atoms with Crippen molar-refractivity contribution in [1.82, 2.24) is 20.0 Å². The van der Waals surface area contributed by atoms with Crippen LogP contribution in [0.4, 0.5) is 0 Å². The van der Waals surface area contributed by atoms with Crippen molar-refractivity contribution in [2.45, 2.75) is 23.6 Å². The van der Waals surface area contributed by atoms with E-state index in [9.17, 15) is 8.42 Å². The number of hydrogen-bond donors (Lipinski definition) is 0. The van der Waals surface area contributed by atoms with Gasteiger partial charge in [0.05, 0.1) is 22.2 Å². The molecule has 0 spiro atoms. The van der Waals surface area contributed by atoms with Gasteiger partial charge in [-0.05, 0) is 26.0 Å². The van der Waals surface area contributed by atoms with E-state index in [1.807, 2.05) is 6.92 Å². The average molecular weight is 302 g/mol. The van der Waals surface area contributed by atoms with Crippen LogP contribution in [0, 0.1) is 13.8 Å². The first kappa shape index (κ1) is 13.7. The van der Waals surface area contributed by atoms with Gasteiger partial charge in [0.25, 0.3) is 0 Å². The minimum Gasteiger partial charge on any atom is -0.249 e. The first-order chi connectivity index (χ1) is 9.91. The SMILES string of the molecule is Cc1ccc(S(=O)(=O)c2c(C)nnc3c2cnn3C)cc1. The zero-order valence-electron chi connectivity index (χ0n) is 11.9. The summed E-state index contributed by atoms with van der Waals surface area (Å²) in [5.74, 6) is 0. The average Bonchev–Trinajstić information content (AvgIpc) is 2.80. The Morgan fingerprint density at radius 1 is 1.05 bits per heavy atom. The van der Waals surface area contributed by atoms with Crippen molar-refractivity contribution < 1.29 is 8.42 Å². The lowest BCUT2D eigenvalue weighted by molar-refractivity contribution is 0.595. The Hall–Kier alpha value is -2.28. The fourth-order valence-corrected chi connectivity index (χ4v) is 3.84. The number of hydrogen-bond acceptors (Lipinski definition) is 5. The summed E-state index contributed by atoms with van der Waals surface area (Å²) in [6.45, 7) is 3.55. The van der Waals surface area contributed by atoms with Crippen molar-refractivity contribution in [2.24, 2.45) is 7.05 Å². The van der Waals surface area contributed by atoms with E-state index < -0.39 is 9.84 Å². The minimum atomic E-state index is -3.66. The van der Waals surface area contributed by atoms with E-state index in [4.69, 9.17) is 0 Å². The molecule has 21 heavy (non-hydrogen) atoms. The molecule has 0 atom stereocenters. The molecule has 0 saturated heterocycles. The zero-order chi connectivity index (χ0) is 15.2. The monoisotopic (exact) mass is 302 g/mol. The minimum absolute atomic E-state index is 0.171. The number of rotatable bonds is 2. The van der Waals surface area contributed by atoms with E-state index in [0.717, 1.165) is 5.56 Å². The second kappa shape index (κ2) is 4.63. The summed E-state index contributed by atoms with van der Waals surface area (Å²) in [7, 11) is -1.95. The predicted octanol–water partition coefficient (Wildman–Crippen LogP) is 1.81. The number of aromatic nitrogens is 4. The molecular weight excluding hydrogens is 288 g/mol. The molecule has 2 heterocycles. The van der Waals surface area contributed by atoms with E-state index in [-0.39, 0.29) is 9.79 Å². The van der Waals surface area contributed by atoms with Crippen molar-refractivity contribution in [3.05, 3.63) is 41.7 Å². The topological polar surface area (TPSA) is 77.7 Å². The second-order valence-corrected chi connectivity index (χ2v) is 6.82. The van der Waals surface area contributed by atoms with Crippen LogP contribution in [0.15, 0.2) is 40.3 Å². The molecule has 0 amide bonds. The third-order valence-corrected chi connectivity index (χ3v) is 5.32. The van der Waals surface area contributed by atoms with Crippen molar-refractivity contribution in [2.75, 3.05) is 0 Å². The molecule has 0 bridgehead atoms. The number of nitrogens with zero attached hydrogens (tertiary/aromatic N) is 4. The Kier molecular flexibility index (Phi) is 3.02.